The Morgan fingerprint density at radius 1 is 1.12 bits per heavy atom. The second-order valence-electron chi connectivity index (χ2n) is 9.00. The third kappa shape index (κ3) is 3.81. The van der Waals surface area contributed by atoms with Crippen LogP contribution in [0.15, 0.2) is 36.4 Å². The minimum atomic E-state index is -0.669. The molecule has 0 radical (unpaired) electrons. The highest BCUT2D eigenvalue weighted by Crippen LogP contribution is 2.35. The molecular weight excluding hydrogens is 436 g/mol. The van der Waals surface area contributed by atoms with E-state index in [4.69, 9.17) is 4.74 Å². The van der Waals surface area contributed by atoms with Gasteiger partial charge in [0.2, 0.25) is 11.8 Å². The van der Waals surface area contributed by atoms with Crippen LogP contribution in [0.25, 0.3) is 0 Å². The number of urea groups is 1. The van der Waals surface area contributed by atoms with E-state index in [2.05, 4.69) is 16.7 Å². The molecular formula is C25H26N4O5. The highest BCUT2D eigenvalue weighted by atomic mass is 16.5. The van der Waals surface area contributed by atoms with Gasteiger partial charge >= 0.3 is 6.03 Å². The Morgan fingerprint density at radius 3 is 2.71 bits per heavy atom. The molecule has 2 N–H and O–H groups in total. The molecule has 2 aromatic rings. The molecule has 5 amide bonds. The number of ether oxygens (including phenoxy) is 1. The zero-order valence-electron chi connectivity index (χ0n) is 19.1. The quantitative estimate of drug-likeness (QED) is 0.679. The number of hydrogen-bond donors (Lipinski definition) is 2. The Balaban J connectivity index is 1.32. The normalized spacial score (nSPS) is 21.4. The summed E-state index contributed by atoms with van der Waals surface area (Å²) in [6.07, 6.45) is 0.516. The molecule has 3 aliphatic rings. The molecule has 176 valence electrons. The number of nitrogens with zero attached hydrogens (tertiary/aromatic N) is 2. The maximum absolute atomic E-state index is 13.2. The molecule has 1 fully saturated rings. The maximum Gasteiger partial charge on any atom is 0.322 e. The number of anilines is 1. The molecule has 9 heteroatoms. The summed E-state index contributed by atoms with van der Waals surface area (Å²) in [6, 6.07) is 10.2. The molecule has 2 atom stereocenters. The van der Waals surface area contributed by atoms with Gasteiger partial charge in [-0.1, -0.05) is 23.8 Å². The van der Waals surface area contributed by atoms with Gasteiger partial charge in [0, 0.05) is 37.9 Å². The monoisotopic (exact) mass is 462 g/mol. The Labute approximate surface area is 197 Å². The number of nitrogens with one attached hydrogen (secondary N) is 2. The van der Waals surface area contributed by atoms with Crippen molar-refractivity contribution in [1.82, 2.24) is 15.1 Å². The number of carbonyl (C=O) groups is 4. The van der Waals surface area contributed by atoms with Gasteiger partial charge < -0.3 is 19.9 Å². The molecule has 0 spiro atoms. The van der Waals surface area contributed by atoms with Crippen molar-refractivity contribution < 1.29 is 23.9 Å². The molecule has 3 aliphatic heterocycles. The van der Waals surface area contributed by atoms with Crippen molar-refractivity contribution in [3.8, 4) is 0 Å². The first-order chi connectivity index (χ1) is 16.4. The number of methoxy groups -OCH3 is 1. The number of piperidine rings is 1. The standard InChI is InChI=1S/C25H26N4O5/c1-14-3-4-15-11-29(21(13-34-2)19(15)9-14)25(33)26-17-5-6-18-16(10-17)12-28(24(18)32)20-7-8-22(30)27-23(20)31/h3-6,9-10,20-21H,7-8,11-13H2,1-2H3,(H,26,33)(H,27,30,31). The summed E-state index contributed by atoms with van der Waals surface area (Å²) in [5, 5.41) is 5.26. The number of hydrogen-bond acceptors (Lipinski definition) is 5. The number of imide groups is 1. The van der Waals surface area contributed by atoms with Crippen molar-refractivity contribution >= 4 is 29.4 Å². The lowest BCUT2D eigenvalue weighted by Crippen LogP contribution is -2.52. The Hall–Kier alpha value is -3.72. The Morgan fingerprint density at radius 2 is 1.94 bits per heavy atom. The Bertz CT molecular complexity index is 1210. The minimum absolute atomic E-state index is 0.182. The van der Waals surface area contributed by atoms with Gasteiger partial charge in [-0.3, -0.25) is 19.7 Å². The topological polar surface area (TPSA) is 108 Å². The molecule has 3 heterocycles. The highest BCUT2D eigenvalue weighted by molar-refractivity contribution is 6.05. The minimum Gasteiger partial charge on any atom is -0.382 e. The number of rotatable bonds is 4. The van der Waals surface area contributed by atoms with Crippen LogP contribution in [-0.2, 0) is 27.4 Å². The molecule has 2 unspecified atom stereocenters. The van der Waals surface area contributed by atoms with Crippen molar-refractivity contribution in [2.24, 2.45) is 0 Å². The third-order valence-corrected chi connectivity index (χ3v) is 6.74. The number of benzene rings is 2. The lowest BCUT2D eigenvalue weighted by atomic mass is 10.0. The average Bonchev–Trinajstić information content (AvgIpc) is 3.31. The summed E-state index contributed by atoms with van der Waals surface area (Å²) in [7, 11) is 1.62. The van der Waals surface area contributed by atoms with Crippen molar-refractivity contribution in [2.45, 2.75) is 44.9 Å². The first-order valence-electron chi connectivity index (χ1n) is 11.3. The van der Waals surface area contributed by atoms with Crippen LogP contribution in [0.2, 0.25) is 0 Å². The van der Waals surface area contributed by atoms with Crippen molar-refractivity contribution in [1.29, 1.82) is 0 Å². The summed E-state index contributed by atoms with van der Waals surface area (Å²) >= 11 is 0. The van der Waals surface area contributed by atoms with Crippen LogP contribution < -0.4 is 10.6 Å². The lowest BCUT2D eigenvalue weighted by molar-refractivity contribution is -0.136. The van der Waals surface area contributed by atoms with Gasteiger partial charge in [0.15, 0.2) is 0 Å². The van der Waals surface area contributed by atoms with Crippen molar-refractivity contribution in [2.75, 3.05) is 19.0 Å². The fourth-order valence-corrected chi connectivity index (χ4v) is 5.03. The summed E-state index contributed by atoms with van der Waals surface area (Å²) in [4.78, 5) is 53.0. The van der Waals surface area contributed by atoms with E-state index in [-0.39, 0.29) is 36.9 Å². The number of amides is 5. The van der Waals surface area contributed by atoms with E-state index in [1.54, 1.807) is 30.2 Å². The van der Waals surface area contributed by atoms with Crippen LogP contribution in [0.4, 0.5) is 10.5 Å². The van der Waals surface area contributed by atoms with Gasteiger partial charge in [0.05, 0.1) is 12.6 Å². The van der Waals surface area contributed by atoms with E-state index in [1.165, 1.54) is 4.90 Å². The van der Waals surface area contributed by atoms with Gasteiger partial charge in [-0.25, -0.2) is 4.79 Å². The molecule has 0 saturated carbocycles. The van der Waals surface area contributed by atoms with Crippen LogP contribution in [0.3, 0.4) is 0 Å². The molecule has 0 aromatic heterocycles. The summed E-state index contributed by atoms with van der Waals surface area (Å²) < 4.78 is 5.39. The zero-order valence-corrected chi connectivity index (χ0v) is 19.1. The van der Waals surface area contributed by atoms with Crippen molar-refractivity contribution in [3.05, 3.63) is 64.2 Å². The van der Waals surface area contributed by atoms with Crippen LogP contribution in [0, 0.1) is 6.92 Å². The van der Waals surface area contributed by atoms with E-state index in [1.807, 2.05) is 19.1 Å². The predicted octanol–water partition coefficient (Wildman–Crippen LogP) is 2.49. The average molecular weight is 463 g/mol. The number of fused-ring (bicyclic) bond motifs is 2. The van der Waals surface area contributed by atoms with Crippen LogP contribution in [-0.4, -0.2) is 53.3 Å². The van der Waals surface area contributed by atoms with Gasteiger partial charge in [0.1, 0.15) is 6.04 Å². The number of carbonyl (C=O) groups excluding carboxylic acids is 4. The van der Waals surface area contributed by atoms with E-state index in [9.17, 15) is 19.2 Å². The van der Waals surface area contributed by atoms with Gasteiger partial charge in [-0.2, -0.15) is 0 Å². The molecule has 2 aromatic carbocycles. The summed E-state index contributed by atoms with van der Waals surface area (Å²) in [5.74, 6) is -1.01. The highest BCUT2D eigenvalue weighted by Gasteiger charge is 2.39. The second kappa shape index (κ2) is 8.57. The van der Waals surface area contributed by atoms with E-state index < -0.39 is 11.9 Å². The summed E-state index contributed by atoms with van der Waals surface area (Å²) in [6.45, 7) is 3.16. The van der Waals surface area contributed by atoms with Crippen molar-refractivity contribution in [3.63, 3.8) is 0 Å². The van der Waals surface area contributed by atoms with Crippen LogP contribution in [0.1, 0.15) is 51.5 Å². The van der Waals surface area contributed by atoms with Crippen LogP contribution >= 0.6 is 0 Å². The largest absolute Gasteiger partial charge is 0.382 e. The SMILES string of the molecule is COCC1c2cc(C)ccc2CN1C(=O)Nc1ccc2c(c1)CN(C1CCC(=O)NC1=O)C2=O. The van der Waals surface area contributed by atoms with E-state index >= 15 is 0 Å². The first-order valence-corrected chi connectivity index (χ1v) is 11.3. The molecule has 0 bridgehead atoms. The third-order valence-electron chi connectivity index (χ3n) is 6.74. The fourth-order valence-electron chi connectivity index (χ4n) is 5.03. The van der Waals surface area contributed by atoms with E-state index in [0.717, 1.165) is 22.3 Å². The first kappa shape index (κ1) is 22.1. The van der Waals surface area contributed by atoms with Gasteiger partial charge in [-0.05, 0) is 48.2 Å². The maximum atomic E-state index is 13.2. The zero-order chi connectivity index (χ0) is 24.0. The second-order valence-corrected chi connectivity index (χ2v) is 9.00. The molecule has 9 nitrogen and oxygen atoms in total. The van der Waals surface area contributed by atoms with Gasteiger partial charge in [0.25, 0.3) is 5.91 Å². The van der Waals surface area contributed by atoms with E-state index in [0.29, 0.717) is 30.8 Å². The fraction of sp³-hybridized carbons (Fsp3) is 0.360. The molecule has 5 rings (SSSR count). The molecule has 34 heavy (non-hydrogen) atoms. The lowest BCUT2D eigenvalue weighted by Gasteiger charge is -2.29. The Kier molecular flexibility index (Phi) is 5.57. The molecule has 1 saturated heterocycles. The van der Waals surface area contributed by atoms with Crippen LogP contribution in [0.5, 0.6) is 0 Å². The smallest absolute Gasteiger partial charge is 0.322 e. The summed E-state index contributed by atoms with van der Waals surface area (Å²) in [5.41, 5.74) is 5.14. The predicted molar refractivity (Wildman–Crippen MR) is 123 cm³/mol. The van der Waals surface area contributed by atoms with Gasteiger partial charge in [-0.15, -0.1) is 0 Å². The number of aryl methyl sites for hydroxylation is 1. The molecule has 0 aliphatic carbocycles.